The number of nitro benzene ring substituents is 1. The van der Waals surface area contributed by atoms with E-state index in [1.807, 2.05) is 5.43 Å². The highest BCUT2D eigenvalue weighted by Crippen LogP contribution is 2.16. The molecule has 1 amide bonds. The lowest BCUT2D eigenvalue weighted by atomic mass is 10.1. The fraction of sp³-hybridized carbons (Fsp3) is 0. The first-order valence-corrected chi connectivity index (χ1v) is 8.55. The van der Waals surface area contributed by atoms with Gasteiger partial charge in [0, 0.05) is 12.1 Å². The molecule has 0 bridgehead atoms. The molecule has 10 heteroatoms. The Labute approximate surface area is 148 Å². The molecule has 0 fully saturated rings. The lowest BCUT2D eigenvalue weighted by Gasteiger charge is -2.08. The quantitative estimate of drug-likeness (QED) is 0.341. The van der Waals surface area contributed by atoms with E-state index in [2.05, 4.69) is 0 Å². The third kappa shape index (κ3) is 4.73. The van der Waals surface area contributed by atoms with Crippen molar-refractivity contribution in [2.24, 2.45) is 0 Å². The summed E-state index contributed by atoms with van der Waals surface area (Å²) in [5.74, 6) is -0.967. The van der Waals surface area contributed by atoms with Gasteiger partial charge >= 0.3 is 0 Å². The molecule has 0 heterocycles. The van der Waals surface area contributed by atoms with Crippen LogP contribution in [-0.4, -0.2) is 19.2 Å². The molecule has 2 aromatic rings. The summed E-state index contributed by atoms with van der Waals surface area (Å²) >= 11 is 0. The first kappa shape index (κ1) is 18.8. The second-order valence-electron chi connectivity index (χ2n) is 4.89. The number of sulfonamides is 1. The van der Waals surface area contributed by atoms with Crippen LogP contribution >= 0.6 is 0 Å². The Morgan fingerprint density at radius 1 is 1.15 bits per heavy atom. The Kier molecular flexibility index (Phi) is 5.79. The highest BCUT2D eigenvalue weighted by Gasteiger charge is 2.19. The van der Waals surface area contributed by atoms with Crippen LogP contribution in [0.15, 0.2) is 65.1 Å². The normalized spacial score (nSPS) is 11.4. The monoisotopic (exact) mass is 372 g/mol. The van der Waals surface area contributed by atoms with Gasteiger partial charge in [-0.15, -0.1) is 4.83 Å². The highest BCUT2D eigenvalue weighted by molar-refractivity contribution is 7.89. The Balaban J connectivity index is 2.15. The zero-order valence-corrected chi connectivity index (χ0v) is 13.9. The topological polar surface area (TPSA) is 142 Å². The zero-order valence-electron chi connectivity index (χ0n) is 13.1. The van der Waals surface area contributed by atoms with Crippen molar-refractivity contribution in [1.29, 1.82) is 5.26 Å². The van der Waals surface area contributed by atoms with Crippen molar-refractivity contribution in [3.8, 4) is 6.07 Å². The average Bonchev–Trinajstić information content (AvgIpc) is 2.65. The third-order valence-corrected chi connectivity index (χ3v) is 4.36. The van der Waals surface area contributed by atoms with E-state index in [0.29, 0.717) is 5.56 Å². The van der Waals surface area contributed by atoms with Crippen LogP contribution in [-0.2, 0) is 14.8 Å². The molecule has 0 radical (unpaired) electrons. The minimum atomic E-state index is -4.25. The Morgan fingerprint density at radius 3 is 2.46 bits per heavy atom. The minimum Gasteiger partial charge on any atom is -0.273 e. The van der Waals surface area contributed by atoms with Crippen molar-refractivity contribution in [2.75, 3.05) is 0 Å². The molecular weight excluding hydrogens is 360 g/mol. The Morgan fingerprint density at radius 2 is 1.85 bits per heavy atom. The van der Waals surface area contributed by atoms with Crippen molar-refractivity contribution < 1.29 is 18.1 Å². The number of hydrogen-bond acceptors (Lipinski definition) is 6. The average molecular weight is 372 g/mol. The Bertz CT molecular complexity index is 1010. The summed E-state index contributed by atoms with van der Waals surface area (Å²) in [6.45, 7) is 0. The van der Waals surface area contributed by atoms with Gasteiger partial charge in [0.05, 0.1) is 9.82 Å². The predicted molar refractivity (Wildman–Crippen MR) is 91.6 cm³/mol. The molecular formula is C16H12N4O5S. The van der Waals surface area contributed by atoms with Crippen LogP contribution in [0.3, 0.4) is 0 Å². The van der Waals surface area contributed by atoms with Gasteiger partial charge in [-0.05, 0) is 17.7 Å². The summed E-state index contributed by atoms with van der Waals surface area (Å²) in [5.41, 5.74) is 1.75. The molecule has 0 saturated heterocycles. The maximum atomic E-state index is 12.1. The molecule has 0 aliphatic carbocycles. The molecule has 0 atom stereocenters. The number of non-ortho nitro benzene ring substituents is 1. The number of amides is 1. The van der Waals surface area contributed by atoms with E-state index >= 15 is 0 Å². The summed E-state index contributed by atoms with van der Waals surface area (Å²) in [5, 5.41) is 19.8. The molecule has 0 aromatic heterocycles. The van der Waals surface area contributed by atoms with Crippen molar-refractivity contribution in [1.82, 2.24) is 10.3 Å². The number of rotatable bonds is 6. The molecule has 0 aliphatic rings. The van der Waals surface area contributed by atoms with E-state index in [4.69, 9.17) is 5.26 Å². The first-order chi connectivity index (χ1) is 12.3. The number of carbonyl (C=O) groups is 1. The van der Waals surface area contributed by atoms with E-state index < -0.39 is 31.4 Å². The number of carbonyl (C=O) groups excluding carboxylic acids is 1. The number of nitriles is 1. The number of hydrazine groups is 1. The highest BCUT2D eigenvalue weighted by atomic mass is 32.2. The minimum absolute atomic E-state index is 0.321. The van der Waals surface area contributed by atoms with Gasteiger partial charge in [0.15, 0.2) is 0 Å². The smallest absolute Gasteiger partial charge is 0.273 e. The van der Waals surface area contributed by atoms with Gasteiger partial charge in [-0.2, -0.15) is 5.26 Å². The van der Waals surface area contributed by atoms with E-state index in [0.717, 1.165) is 18.2 Å². The first-order valence-electron chi connectivity index (χ1n) is 7.07. The SMILES string of the molecule is N#C/C(=C\c1ccccc1)C(=O)NNS(=O)(=O)c1cccc([N+](=O)[O-])c1. The lowest BCUT2D eigenvalue weighted by molar-refractivity contribution is -0.385. The van der Waals surface area contributed by atoms with Crippen LogP contribution in [0.1, 0.15) is 5.56 Å². The van der Waals surface area contributed by atoms with Gasteiger partial charge in [0.25, 0.3) is 21.6 Å². The van der Waals surface area contributed by atoms with Crippen LogP contribution in [0.2, 0.25) is 0 Å². The molecule has 26 heavy (non-hydrogen) atoms. The maximum absolute atomic E-state index is 12.1. The second-order valence-corrected chi connectivity index (χ2v) is 6.58. The molecule has 132 valence electrons. The number of benzene rings is 2. The molecule has 9 nitrogen and oxygen atoms in total. The summed E-state index contributed by atoms with van der Waals surface area (Å²) in [6, 6.07) is 14.5. The molecule has 2 N–H and O–H groups in total. The van der Waals surface area contributed by atoms with Gasteiger partial charge in [-0.1, -0.05) is 36.4 Å². The van der Waals surface area contributed by atoms with E-state index in [1.54, 1.807) is 41.2 Å². The van der Waals surface area contributed by atoms with E-state index in [1.165, 1.54) is 12.1 Å². The summed E-state index contributed by atoms with van der Waals surface area (Å²) < 4.78 is 24.3. The standard InChI is InChI=1S/C16H12N4O5S/c17-11-13(9-12-5-2-1-3-6-12)16(21)18-19-26(24,25)15-8-4-7-14(10-15)20(22)23/h1-10,19H,(H,18,21)/b13-9+. The van der Waals surface area contributed by atoms with Crippen LogP contribution in [0.25, 0.3) is 6.08 Å². The van der Waals surface area contributed by atoms with E-state index in [9.17, 15) is 23.3 Å². The van der Waals surface area contributed by atoms with Crippen molar-refractivity contribution in [3.05, 3.63) is 75.8 Å². The molecule has 0 saturated carbocycles. The molecule has 0 unspecified atom stereocenters. The van der Waals surface area contributed by atoms with Gasteiger partial charge in [0.1, 0.15) is 11.6 Å². The molecule has 0 spiro atoms. The summed E-state index contributed by atoms with van der Waals surface area (Å²) in [4.78, 5) is 23.4. The van der Waals surface area contributed by atoms with Crippen LogP contribution in [0, 0.1) is 21.4 Å². The van der Waals surface area contributed by atoms with Gasteiger partial charge < -0.3 is 0 Å². The van der Waals surface area contributed by atoms with Crippen LogP contribution in [0.5, 0.6) is 0 Å². The lowest BCUT2D eigenvalue weighted by Crippen LogP contribution is -2.42. The molecule has 0 aliphatic heterocycles. The van der Waals surface area contributed by atoms with Crippen LogP contribution < -0.4 is 10.3 Å². The maximum Gasteiger partial charge on any atom is 0.276 e. The Hall–Kier alpha value is -3.55. The number of hydrogen-bond donors (Lipinski definition) is 2. The van der Waals surface area contributed by atoms with Crippen LogP contribution in [0.4, 0.5) is 5.69 Å². The number of nitrogens with one attached hydrogen (secondary N) is 2. The van der Waals surface area contributed by atoms with Gasteiger partial charge in [0.2, 0.25) is 0 Å². The molecule has 2 rings (SSSR count). The molecule has 2 aromatic carbocycles. The van der Waals surface area contributed by atoms with Gasteiger partial charge in [-0.3, -0.25) is 20.3 Å². The zero-order chi connectivity index (χ0) is 19.2. The number of nitrogens with zero attached hydrogens (tertiary/aromatic N) is 2. The predicted octanol–water partition coefficient (Wildman–Crippen LogP) is 1.51. The fourth-order valence-corrected chi connectivity index (χ4v) is 2.75. The van der Waals surface area contributed by atoms with E-state index in [-0.39, 0.29) is 5.57 Å². The van der Waals surface area contributed by atoms with Crippen molar-refractivity contribution in [3.63, 3.8) is 0 Å². The summed E-state index contributed by atoms with van der Waals surface area (Å²) in [7, 11) is -4.25. The number of nitro groups is 1. The van der Waals surface area contributed by atoms with Crippen molar-refractivity contribution in [2.45, 2.75) is 4.90 Å². The summed E-state index contributed by atoms with van der Waals surface area (Å²) in [6.07, 6.45) is 1.29. The second kappa shape index (κ2) is 8.02. The van der Waals surface area contributed by atoms with Gasteiger partial charge in [-0.25, -0.2) is 8.42 Å². The van der Waals surface area contributed by atoms with Crippen molar-refractivity contribution >= 4 is 27.7 Å². The largest absolute Gasteiger partial charge is 0.276 e. The third-order valence-electron chi connectivity index (χ3n) is 3.11. The fourth-order valence-electron chi connectivity index (χ4n) is 1.87.